The Balaban J connectivity index is 0.00000363. The zero-order valence-corrected chi connectivity index (χ0v) is 21.4. The SMILES string of the molecule is CCNC(=NCc1ccccc1-n1nc(C)cc1C)NCCc1ccc(O)c(OC)c1.I. The van der Waals surface area contributed by atoms with Crippen molar-refractivity contribution >= 4 is 29.9 Å². The molecule has 0 radical (unpaired) electrons. The maximum absolute atomic E-state index is 9.74. The Kier molecular flexibility index (Phi) is 9.83. The van der Waals surface area contributed by atoms with Crippen molar-refractivity contribution in [2.24, 2.45) is 4.99 Å². The zero-order valence-electron chi connectivity index (χ0n) is 19.1. The number of aromatic hydroxyl groups is 1. The van der Waals surface area contributed by atoms with Gasteiger partial charge >= 0.3 is 0 Å². The van der Waals surface area contributed by atoms with Crippen LogP contribution in [0.5, 0.6) is 11.5 Å². The first-order valence-corrected chi connectivity index (χ1v) is 10.5. The lowest BCUT2D eigenvalue weighted by Crippen LogP contribution is -2.38. The highest BCUT2D eigenvalue weighted by Gasteiger charge is 2.09. The molecule has 3 aromatic rings. The highest BCUT2D eigenvalue weighted by Crippen LogP contribution is 2.26. The van der Waals surface area contributed by atoms with E-state index in [1.807, 2.05) is 42.8 Å². The predicted molar refractivity (Wildman–Crippen MR) is 140 cm³/mol. The average Bonchev–Trinajstić information content (AvgIpc) is 3.11. The molecule has 0 aliphatic heterocycles. The number of guanidine groups is 1. The van der Waals surface area contributed by atoms with E-state index in [0.29, 0.717) is 18.8 Å². The Morgan fingerprint density at radius 1 is 1.12 bits per heavy atom. The molecule has 172 valence electrons. The van der Waals surface area contributed by atoms with Crippen LogP contribution < -0.4 is 15.4 Å². The summed E-state index contributed by atoms with van der Waals surface area (Å²) in [6.07, 6.45) is 0.781. The van der Waals surface area contributed by atoms with Crippen molar-refractivity contribution in [1.82, 2.24) is 20.4 Å². The quantitative estimate of drug-likeness (QED) is 0.224. The van der Waals surface area contributed by atoms with E-state index in [4.69, 9.17) is 9.73 Å². The number of methoxy groups -OCH3 is 1. The maximum Gasteiger partial charge on any atom is 0.191 e. The van der Waals surface area contributed by atoms with Crippen molar-refractivity contribution in [1.29, 1.82) is 0 Å². The molecule has 0 saturated heterocycles. The van der Waals surface area contributed by atoms with Crippen molar-refractivity contribution in [2.45, 2.75) is 33.7 Å². The number of benzene rings is 2. The molecule has 3 N–H and O–H groups in total. The van der Waals surface area contributed by atoms with Crippen molar-refractivity contribution in [3.63, 3.8) is 0 Å². The Bertz CT molecular complexity index is 1050. The van der Waals surface area contributed by atoms with Crippen molar-refractivity contribution in [3.8, 4) is 17.2 Å². The van der Waals surface area contributed by atoms with Crippen molar-refractivity contribution in [3.05, 3.63) is 71.0 Å². The number of phenolic OH excluding ortho intramolecular Hbond substituents is 1. The number of phenols is 1. The Morgan fingerprint density at radius 3 is 2.59 bits per heavy atom. The van der Waals surface area contributed by atoms with Gasteiger partial charge in [-0.05, 0) is 62.6 Å². The van der Waals surface area contributed by atoms with Crippen LogP contribution >= 0.6 is 24.0 Å². The van der Waals surface area contributed by atoms with Crippen molar-refractivity contribution in [2.75, 3.05) is 20.2 Å². The van der Waals surface area contributed by atoms with Crippen LogP contribution in [0.15, 0.2) is 53.5 Å². The van der Waals surface area contributed by atoms with Crippen LogP contribution in [0, 0.1) is 13.8 Å². The first kappa shape index (κ1) is 25.5. The largest absolute Gasteiger partial charge is 0.504 e. The molecule has 0 saturated carbocycles. The number of aryl methyl sites for hydroxylation is 2. The minimum Gasteiger partial charge on any atom is -0.504 e. The summed E-state index contributed by atoms with van der Waals surface area (Å²) in [5.74, 6) is 1.39. The number of aliphatic imine (C=N–C) groups is 1. The van der Waals surface area contributed by atoms with Crippen LogP contribution in [0.1, 0.15) is 29.4 Å². The molecule has 1 heterocycles. The van der Waals surface area contributed by atoms with E-state index in [-0.39, 0.29) is 29.7 Å². The molecule has 0 spiro atoms. The number of nitrogens with zero attached hydrogens (tertiary/aromatic N) is 3. The third-order valence-electron chi connectivity index (χ3n) is 4.93. The number of para-hydroxylation sites is 1. The molecular weight excluding hydrogens is 517 g/mol. The monoisotopic (exact) mass is 549 g/mol. The van der Waals surface area contributed by atoms with Gasteiger partial charge in [0.05, 0.1) is 25.0 Å². The van der Waals surface area contributed by atoms with Gasteiger partial charge in [-0.3, -0.25) is 0 Å². The first-order valence-electron chi connectivity index (χ1n) is 10.5. The van der Waals surface area contributed by atoms with Gasteiger partial charge in [-0.15, -0.1) is 24.0 Å². The topological polar surface area (TPSA) is 83.7 Å². The van der Waals surface area contributed by atoms with E-state index in [0.717, 1.165) is 47.1 Å². The first-order chi connectivity index (χ1) is 15.0. The molecular formula is C24H32IN5O2. The number of halogens is 1. The maximum atomic E-state index is 9.74. The van der Waals surface area contributed by atoms with Gasteiger partial charge in [0.15, 0.2) is 17.5 Å². The van der Waals surface area contributed by atoms with E-state index in [9.17, 15) is 5.11 Å². The van der Waals surface area contributed by atoms with Gasteiger partial charge in [0.1, 0.15) is 0 Å². The summed E-state index contributed by atoms with van der Waals surface area (Å²) in [5.41, 5.74) is 5.32. The second-order valence-corrected chi connectivity index (χ2v) is 7.35. The van der Waals surface area contributed by atoms with Crippen LogP contribution in [-0.4, -0.2) is 41.0 Å². The molecule has 3 rings (SSSR count). The fourth-order valence-corrected chi connectivity index (χ4v) is 3.43. The number of nitrogens with one attached hydrogen (secondary N) is 2. The fourth-order valence-electron chi connectivity index (χ4n) is 3.43. The van der Waals surface area contributed by atoms with Gasteiger partial charge in [-0.2, -0.15) is 5.10 Å². The van der Waals surface area contributed by atoms with E-state index in [1.54, 1.807) is 13.2 Å². The standard InChI is InChI=1S/C24H31N5O2.HI/c1-5-25-24(26-13-12-19-10-11-22(30)23(15-19)31-4)27-16-20-8-6-7-9-21(20)29-18(3)14-17(2)28-29;/h6-11,14-15,30H,5,12-13,16H2,1-4H3,(H2,25,26,27);1H. The van der Waals surface area contributed by atoms with Crippen molar-refractivity contribution < 1.29 is 9.84 Å². The fraction of sp³-hybridized carbons (Fsp3) is 0.333. The highest BCUT2D eigenvalue weighted by atomic mass is 127. The summed E-state index contributed by atoms with van der Waals surface area (Å²) in [4.78, 5) is 4.77. The minimum absolute atomic E-state index is 0. The molecule has 0 bridgehead atoms. The van der Waals surface area contributed by atoms with Gasteiger partial charge in [0.2, 0.25) is 0 Å². The van der Waals surface area contributed by atoms with E-state index < -0.39 is 0 Å². The molecule has 1 aromatic heterocycles. The molecule has 32 heavy (non-hydrogen) atoms. The molecule has 0 unspecified atom stereocenters. The zero-order chi connectivity index (χ0) is 22.2. The summed E-state index contributed by atoms with van der Waals surface area (Å²) in [7, 11) is 1.55. The number of ether oxygens (including phenoxy) is 1. The molecule has 8 heteroatoms. The number of hydrogen-bond acceptors (Lipinski definition) is 4. The molecule has 0 fully saturated rings. The molecule has 0 amide bonds. The molecule has 0 atom stereocenters. The van der Waals surface area contributed by atoms with Crippen LogP contribution in [0.25, 0.3) is 5.69 Å². The third-order valence-corrected chi connectivity index (χ3v) is 4.93. The average molecular weight is 549 g/mol. The molecule has 0 aliphatic rings. The Hall–Kier alpha value is -2.75. The van der Waals surface area contributed by atoms with Gasteiger partial charge in [-0.1, -0.05) is 24.3 Å². The molecule has 0 aliphatic carbocycles. The second kappa shape index (κ2) is 12.3. The minimum atomic E-state index is 0. The van der Waals surface area contributed by atoms with Crippen LogP contribution in [0.4, 0.5) is 0 Å². The molecule has 7 nitrogen and oxygen atoms in total. The summed E-state index contributed by atoms with van der Waals surface area (Å²) < 4.78 is 7.15. The summed E-state index contributed by atoms with van der Waals surface area (Å²) >= 11 is 0. The van der Waals surface area contributed by atoms with Gasteiger partial charge in [0, 0.05) is 18.8 Å². The third kappa shape index (κ3) is 6.62. The van der Waals surface area contributed by atoms with Gasteiger partial charge < -0.3 is 20.5 Å². The van der Waals surface area contributed by atoms with Crippen LogP contribution in [0.3, 0.4) is 0 Å². The number of rotatable bonds is 8. The summed E-state index contributed by atoms with van der Waals surface area (Å²) in [6.45, 7) is 8.13. The summed E-state index contributed by atoms with van der Waals surface area (Å²) in [5, 5.41) is 21.0. The van der Waals surface area contributed by atoms with Gasteiger partial charge in [-0.25, -0.2) is 9.67 Å². The molecule has 2 aromatic carbocycles. The Labute approximate surface area is 206 Å². The van der Waals surface area contributed by atoms with E-state index in [1.165, 1.54) is 0 Å². The van der Waals surface area contributed by atoms with Crippen LogP contribution in [-0.2, 0) is 13.0 Å². The number of aromatic nitrogens is 2. The Morgan fingerprint density at radius 2 is 1.91 bits per heavy atom. The van der Waals surface area contributed by atoms with E-state index in [2.05, 4.69) is 40.9 Å². The smallest absolute Gasteiger partial charge is 0.191 e. The van der Waals surface area contributed by atoms with E-state index >= 15 is 0 Å². The van der Waals surface area contributed by atoms with Gasteiger partial charge in [0.25, 0.3) is 0 Å². The second-order valence-electron chi connectivity index (χ2n) is 7.35. The normalized spacial score (nSPS) is 11.1. The lowest BCUT2D eigenvalue weighted by Gasteiger charge is -2.13. The highest BCUT2D eigenvalue weighted by molar-refractivity contribution is 14.0. The lowest BCUT2D eigenvalue weighted by molar-refractivity contribution is 0.373. The van der Waals surface area contributed by atoms with Crippen LogP contribution in [0.2, 0.25) is 0 Å². The summed E-state index contributed by atoms with van der Waals surface area (Å²) in [6, 6.07) is 15.7. The predicted octanol–water partition coefficient (Wildman–Crippen LogP) is 4.12. The lowest BCUT2D eigenvalue weighted by atomic mass is 10.1. The number of hydrogen-bond donors (Lipinski definition) is 3.